The van der Waals surface area contributed by atoms with E-state index in [1.165, 1.54) is 27.7 Å². The number of esters is 1. The number of ether oxygens (including phenoxy) is 2. The van der Waals surface area contributed by atoms with Crippen LogP contribution in [0.15, 0.2) is 84.4 Å². The van der Waals surface area contributed by atoms with Crippen molar-refractivity contribution in [3.05, 3.63) is 96.6 Å². The number of benzene rings is 1. The van der Waals surface area contributed by atoms with E-state index >= 15 is 0 Å². The normalized spacial score (nSPS) is 15.3. The van der Waals surface area contributed by atoms with Gasteiger partial charge in [0.25, 0.3) is 5.56 Å². The molecule has 0 unspecified atom stereocenters. The Bertz CT molecular complexity index is 1720. The maximum absolute atomic E-state index is 13.7. The zero-order valence-corrected chi connectivity index (χ0v) is 22.8. The molecule has 3 aromatic heterocycles. The molecule has 1 aliphatic heterocycles. The maximum atomic E-state index is 13.7. The van der Waals surface area contributed by atoms with E-state index in [0.29, 0.717) is 42.4 Å². The molecule has 11 heteroatoms. The Kier molecular flexibility index (Phi) is 7.30. The lowest BCUT2D eigenvalue weighted by Crippen LogP contribution is -2.39. The number of hydrogen-bond donors (Lipinski definition) is 0. The van der Waals surface area contributed by atoms with Crippen LogP contribution in [0.1, 0.15) is 36.9 Å². The quantitative estimate of drug-likeness (QED) is 0.254. The van der Waals surface area contributed by atoms with Crippen LogP contribution < -0.4 is 19.6 Å². The van der Waals surface area contributed by atoms with Crippen LogP contribution in [-0.2, 0) is 9.53 Å². The van der Waals surface area contributed by atoms with Gasteiger partial charge in [-0.1, -0.05) is 23.5 Å². The fourth-order valence-corrected chi connectivity index (χ4v) is 5.84. The average molecular weight is 549 g/mol. The van der Waals surface area contributed by atoms with Crippen LogP contribution in [-0.4, -0.2) is 34.2 Å². The third kappa shape index (κ3) is 5.07. The van der Waals surface area contributed by atoms with Gasteiger partial charge >= 0.3 is 5.97 Å². The molecule has 4 aromatic rings. The Morgan fingerprint density at radius 1 is 1.18 bits per heavy atom. The average Bonchev–Trinajstić information content (AvgIpc) is 3.46. The van der Waals surface area contributed by atoms with Crippen LogP contribution in [0.2, 0.25) is 0 Å². The molecule has 0 amide bonds. The Balaban J connectivity index is 1.57. The van der Waals surface area contributed by atoms with Gasteiger partial charge < -0.3 is 13.9 Å². The van der Waals surface area contributed by atoms with Crippen molar-refractivity contribution in [3.63, 3.8) is 0 Å². The molecular weight excluding hydrogens is 524 g/mol. The predicted octanol–water partition coefficient (Wildman–Crippen LogP) is 3.65. The number of rotatable bonds is 7. The molecule has 0 fully saturated rings. The third-order valence-electron chi connectivity index (χ3n) is 5.79. The summed E-state index contributed by atoms with van der Waals surface area (Å²) in [7, 11) is 1.58. The molecule has 0 aliphatic carbocycles. The van der Waals surface area contributed by atoms with Gasteiger partial charge in [-0.15, -0.1) is 0 Å². The minimum atomic E-state index is -0.695. The highest BCUT2D eigenvalue weighted by Crippen LogP contribution is 2.32. The summed E-state index contributed by atoms with van der Waals surface area (Å²) in [4.78, 5) is 40.4. The molecule has 1 atom stereocenters. The minimum Gasteiger partial charge on any atom is -0.497 e. The molecule has 1 aromatic carbocycles. The van der Waals surface area contributed by atoms with Crippen LogP contribution in [0, 0.1) is 6.92 Å². The number of carbonyl (C=O) groups excluding carboxylic acids is 1. The van der Waals surface area contributed by atoms with E-state index in [0.717, 1.165) is 11.3 Å². The molecular formula is C27H24N4O5S2. The van der Waals surface area contributed by atoms with Crippen molar-refractivity contribution >= 4 is 35.1 Å². The van der Waals surface area contributed by atoms with Crippen molar-refractivity contribution in [2.45, 2.75) is 37.1 Å². The van der Waals surface area contributed by atoms with E-state index < -0.39 is 12.0 Å². The standard InChI is InChI=1S/C27H24N4O5S2/c1-5-35-25(33)22-16(3)30-27-31(23(22)17-6-8-18(34-4)9-7-17)24(32)20(37-27)14-19-10-11-21(36-19)38-26-28-13-12-15(2)29-26/h6-14,23H,5H2,1-4H3/b20-14+/t23-/m0/s1. The van der Waals surface area contributed by atoms with Crippen molar-refractivity contribution in [2.75, 3.05) is 13.7 Å². The van der Waals surface area contributed by atoms with Gasteiger partial charge in [0.05, 0.1) is 35.6 Å². The van der Waals surface area contributed by atoms with Gasteiger partial charge in [0.15, 0.2) is 15.1 Å². The summed E-state index contributed by atoms with van der Waals surface area (Å²) in [5, 5.41) is 1.18. The first-order valence-electron chi connectivity index (χ1n) is 11.8. The lowest BCUT2D eigenvalue weighted by molar-refractivity contribution is -0.139. The van der Waals surface area contributed by atoms with Gasteiger partial charge in [-0.05, 0) is 68.4 Å². The summed E-state index contributed by atoms with van der Waals surface area (Å²) in [6, 6.07) is 12.0. The Morgan fingerprint density at radius 2 is 1.97 bits per heavy atom. The molecule has 4 heterocycles. The predicted molar refractivity (Wildman–Crippen MR) is 143 cm³/mol. The Labute approximate surface area is 226 Å². The molecule has 9 nitrogen and oxygen atoms in total. The van der Waals surface area contributed by atoms with Crippen molar-refractivity contribution < 1.29 is 18.7 Å². The number of aromatic nitrogens is 3. The second kappa shape index (κ2) is 10.8. The van der Waals surface area contributed by atoms with Gasteiger partial charge in [0.1, 0.15) is 11.5 Å². The zero-order chi connectivity index (χ0) is 26.8. The highest BCUT2D eigenvalue weighted by Gasteiger charge is 2.33. The second-order valence-electron chi connectivity index (χ2n) is 8.31. The van der Waals surface area contributed by atoms with Crippen LogP contribution in [0.5, 0.6) is 5.75 Å². The number of furan rings is 1. The van der Waals surface area contributed by atoms with Gasteiger partial charge in [-0.25, -0.2) is 19.8 Å². The van der Waals surface area contributed by atoms with Crippen molar-refractivity contribution in [2.24, 2.45) is 4.99 Å². The molecule has 1 aliphatic rings. The van der Waals surface area contributed by atoms with Gasteiger partial charge in [-0.3, -0.25) is 9.36 Å². The summed E-state index contributed by atoms with van der Waals surface area (Å²) in [5.74, 6) is 0.671. The zero-order valence-electron chi connectivity index (χ0n) is 21.1. The van der Waals surface area contributed by atoms with E-state index in [9.17, 15) is 9.59 Å². The van der Waals surface area contributed by atoms with Gasteiger partial charge in [0.2, 0.25) is 0 Å². The van der Waals surface area contributed by atoms with Crippen molar-refractivity contribution in [3.8, 4) is 5.75 Å². The summed E-state index contributed by atoms with van der Waals surface area (Å²) in [6.45, 7) is 5.60. The number of fused-ring (bicyclic) bond motifs is 1. The lowest BCUT2D eigenvalue weighted by Gasteiger charge is -2.24. The minimum absolute atomic E-state index is 0.210. The van der Waals surface area contributed by atoms with Crippen molar-refractivity contribution in [1.29, 1.82) is 0 Å². The summed E-state index contributed by atoms with van der Waals surface area (Å²) in [5.41, 5.74) is 2.15. The van der Waals surface area contributed by atoms with Gasteiger partial charge in [0, 0.05) is 18.0 Å². The topological polar surface area (TPSA) is 109 Å². The number of nitrogens with zero attached hydrogens (tertiary/aromatic N) is 4. The fraction of sp³-hybridized carbons (Fsp3) is 0.222. The van der Waals surface area contributed by atoms with Crippen LogP contribution >= 0.6 is 23.1 Å². The largest absolute Gasteiger partial charge is 0.497 e. The summed E-state index contributed by atoms with van der Waals surface area (Å²) >= 11 is 2.53. The molecule has 0 N–H and O–H groups in total. The number of carbonyl (C=O) groups is 1. The number of hydrogen-bond acceptors (Lipinski definition) is 10. The second-order valence-corrected chi connectivity index (χ2v) is 10.3. The number of aryl methyl sites for hydroxylation is 1. The first kappa shape index (κ1) is 25.7. The van der Waals surface area contributed by atoms with Crippen LogP contribution in [0.3, 0.4) is 0 Å². The van der Waals surface area contributed by atoms with Gasteiger partial charge in [-0.2, -0.15) is 0 Å². The fourth-order valence-electron chi connectivity index (χ4n) is 4.05. The number of thiazole rings is 1. The SMILES string of the molecule is CCOC(=O)C1=C(C)N=c2s/c(=C/c3ccc(Sc4nccc(C)n4)o3)c(=O)n2[C@H]1c1ccc(OC)cc1. The first-order valence-corrected chi connectivity index (χ1v) is 13.4. The molecule has 0 saturated carbocycles. The molecule has 5 rings (SSSR count). The highest BCUT2D eigenvalue weighted by atomic mass is 32.2. The van der Waals surface area contributed by atoms with E-state index in [2.05, 4.69) is 15.0 Å². The molecule has 38 heavy (non-hydrogen) atoms. The van der Waals surface area contributed by atoms with Crippen LogP contribution in [0.4, 0.5) is 0 Å². The third-order valence-corrected chi connectivity index (χ3v) is 7.57. The molecule has 0 radical (unpaired) electrons. The molecule has 0 saturated heterocycles. The van der Waals surface area contributed by atoms with E-state index in [-0.39, 0.29) is 12.2 Å². The lowest BCUT2D eigenvalue weighted by atomic mass is 9.96. The van der Waals surface area contributed by atoms with E-state index in [1.807, 2.05) is 31.2 Å². The molecule has 194 valence electrons. The Hall–Kier alpha value is -3.96. The molecule has 0 bridgehead atoms. The van der Waals surface area contributed by atoms with E-state index in [4.69, 9.17) is 13.9 Å². The molecule has 0 spiro atoms. The summed E-state index contributed by atoms with van der Waals surface area (Å²) < 4.78 is 18.5. The Morgan fingerprint density at radius 3 is 2.68 bits per heavy atom. The smallest absolute Gasteiger partial charge is 0.338 e. The first-order chi connectivity index (χ1) is 18.4. The summed E-state index contributed by atoms with van der Waals surface area (Å²) in [6.07, 6.45) is 3.38. The highest BCUT2D eigenvalue weighted by molar-refractivity contribution is 7.99. The van der Waals surface area contributed by atoms with Crippen molar-refractivity contribution in [1.82, 2.24) is 14.5 Å². The number of allylic oxidation sites excluding steroid dienone is 1. The van der Waals surface area contributed by atoms with E-state index in [1.54, 1.807) is 51.4 Å². The maximum Gasteiger partial charge on any atom is 0.338 e. The van der Waals surface area contributed by atoms with Crippen LogP contribution in [0.25, 0.3) is 6.08 Å². The monoisotopic (exact) mass is 548 g/mol. The number of methoxy groups -OCH3 is 1.